The van der Waals surface area contributed by atoms with Gasteiger partial charge in [0.25, 0.3) is 5.91 Å². The lowest BCUT2D eigenvalue weighted by molar-refractivity contribution is -0.134. The monoisotopic (exact) mass is 268 g/mol. The van der Waals surface area contributed by atoms with Gasteiger partial charge in [-0.25, -0.2) is 0 Å². The Bertz CT molecular complexity index is 425. The van der Waals surface area contributed by atoms with E-state index in [4.69, 9.17) is 16.3 Å². The second kappa shape index (κ2) is 6.18. The molecule has 1 amide bonds. The summed E-state index contributed by atoms with van der Waals surface area (Å²) >= 11 is 5.95. The van der Waals surface area contributed by atoms with Crippen molar-refractivity contribution >= 4 is 23.2 Å². The molecule has 5 heteroatoms. The van der Waals surface area contributed by atoms with E-state index >= 15 is 0 Å². The van der Waals surface area contributed by atoms with Crippen LogP contribution in [0, 0.1) is 0 Å². The number of nitrogens with one attached hydrogen (secondary N) is 1. The summed E-state index contributed by atoms with van der Waals surface area (Å²) in [4.78, 5) is 14.0. The number of carbonyl (C=O) groups is 1. The van der Waals surface area contributed by atoms with E-state index in [-0.39, 0.29) is 12.0 Å². The van der Waals surface area contributed by atoms with Crippen molar-refractivity contribution < 1.29 is 9.53 Å². The summed E-state index contributed by atoms with van der Waals surface area (Å²) in [6, 6.07) is 7.35. The molecule has 1 N–H and O–H groups in total. The van der Waals surface area contributed by atoms with Crippen LogP contribution in [-0.4, -0.2) is 38.8 Å². The molecule has 1 heterocycles. The van der Waals surface area contributed by atoms with Gasteiger partial charge in [-0.1, -0.05) is 17.7 Å². The third-order valence-corrected chi connectivity index (χ3v) is 3.19. The van der Waals surface area contributed by atoms with Crippen LogP contribution in [0.2, 0.25) is 5.02 Å². The van der Waals surface area contributed by atoms with Gasteiger partial charge in [-0.2, -0.15) is 0 Å². The molecule has 1 fully saturated rings. The van der Waals surface area contributed by atoms with Crippen LogP contribution in [0.4, 0.5) is 5.69 Å². The van der Waals surface area contributed by atoms with Gasteiger partial charge in [0.05, 0.1) is 6.61 Å². The Hall–Kier alpha value is -1.10. The van der Waals surface area contributed by atoms with Crippen molar-refractivity contribution in [3.63, 3.8) is 0 Å². The fourth-order valence-corrected chi connectivity index (χ4v) is 2.21. The van der Waals surface area contributed by atoms with E-state index in [1.165, 1.54) is 0 Å². The maximum atomic E-state index is 12.3. The van der Waals surface area contributed by atoms with Crippen LogP contribution >= 0.6 is 11.6 Å². The zero-order valence-corrected chi connectivity index (χ0v) is 11.1. The SMILES string of the molecule is CNCCC1OCCN(c2cccc(Cl)c2)C1=O. The summed E-state index contributed by atoms with van der Waals surface area (Å²) in [5.74, 6) is 0.0127. The number of ether oxygens (including phenoxy) is 1. The van der Waals surface area contributed by atoms with Crippen molar-refractivity contribution in [2.45, 2.75) is 12.5 Å². The molecule has 0 aliphatic carbocycles. The molecule has 98 valence electrons. The standard InChI is InChI=1S/C13H17ClN2O2/c1-15-6-5-12-13(17)16(7-8-18-12)11-4-2-3-10(14)9-11/h2-4,9,12,15H,5-8H2,1H3. The molecule has 1 aliphatic heterocycles. The number of nitrogens with zero attached hydrogens (tertiary/aromatic N) is 1. The lowest BCUT2D eigenvalue weighted by Gasteiger charge is -2.32. The van der Waals surface area contributed by atoms with E-state index in [9.17, 15) is 4.79 Å². The van der Waals surface area contributed by atoms with Gasteiger partial charge < -0.3 is 15.0 Å². The second-order valence-corrected chi connectivity index (χ2v) is 4.66. The van der Waals surface area contributed by atoms with Gasteiger partial charge >= 0.3 is 0 Å². The lowest BCUT2D eigenvalue weighted by atomic mass is 10.1. The average Bonchev–Trinajstić information content (AvgIpc) is 2.37. The third kappa shape index (κ3) is 3.02. The highest BCUT2D eigenvalue weighted by Gasteiger charge is 2.29. The largest absolute Gasteiger partial charge is 0.366 e. The number of hydrogen-bond donors (Lipinski definition) is 1. The highest BCUT2D eigenvalue weighted by atomic mass is 35.5. The van der Waals surface area contributed by atoms with Gasteiger partial charge in [0.2, 0.25) is 0 Å². The smallest absolute Gasteiger partial charge is 0.256 e. The van der Waals surface area contributed by atoms with E-state index in [0.29, 0.717) is 24.6 Å². The predicted molar refractivity (Wildman–Crippen MR) is 72.1 cm³/mol. The molecule has 2 rings (SSSR count). The maximum absolute atomic E-state index is 12.3. The Morgan fingerprint density at radius 2 is 2.39 bits per heavy atom. The summed E-state index contributed by atoms with van der Waals surface area (Å²) in [6.07, 6.45) is 0.331. The Balaban J connectivity index is 2.11. The van der Waals surface area contributed by atoms with E-state index in [0.717, 1.165) is 12.2 Å². The fourth-order valence-electron chi connectivity index (χ4n) is 2.02. The van der Waals surface area contributed by atoms with E-state index in [1.807, 2.05) is 19.2 Å². The van der Waals surface area contributed by atoms with Crippen LogP contribution in [-0.2, 0) is 9.53 Å². The molecular formula is C13H17ClN2O2. The van der Waals surface area contributed by atoms with Gasteiger partial charge in [-0.05, 0) is 38.2 Å². The van der Waals surface area contributed by atoms with Gasteiger partial charge in [0.1, 0.15) is 6.10 Å². The molecule has 1 atom stereocenters. The highest BCUT2D eigenvalue weighted by molar-refractivity contribution is 6.30. The van der Waals surface area contributed by atoms with E-state index < -0.39 is 0 Å². The first-order valence-electron chi connectivity index (χ1n) is 6.05. The molecule has 0 aromatic heterocycles. The molecular weight excluding hydrogens is 252 g/mol. The van der Waals surface area contributed by atoms with Crippen molar-refractivity contribution in [2.75, 3.05) is 31.6 Å². The Morgan fingerprint density at radius 3 is 3.11 bits per heavy atom. The maximum Gasteiger partial charge on any atom is 0.256 e. The van der Waals surface area contributed by atoms with Gasteiger partial charge in [0, 0.05) is 17.3 Å². The van der Waals surface area contributed by atoms with Gasteiger partial charge in [-0.3, -0.25) is 4.79 Å². The molecule has 1 aromatic rings. The van der Waals surface area contributed by atoms with Crippen LogP contribution in [0.3, 0.4) is 0 Å². The molecule has 0 radical (unpaired) electrons. The van der Waals surface area contributed by atoms with Crippen LogP contribution < -0.4 is 10.2 Å². The predicted octanol–water partition coefficient (Wildman–Crippen LogP) is 1.68. The molecule has 0 saturated carbocycles. The Morgan fingerprint density at radius 1 is 1.56 bits per heavy atom. The zero-order valence-electron chi connectivity index (χ0n) is 10.4. The van der Waals surface area contributed by atoms with Gasteiger partial charge in [-0.15, -0.1) is 0 Å². The number of carbonyl (C=O) groups excluding carboxylic acids is 1. The molecule has 1 aliphatic rings. The molecule has 1 saturated heterocycles. The third-order valence-electron chi connectivity index (χ3n) is 2.95. The number of anilines is 1. The zero-order chi connectivity index (χ0) is 13.0. The Labute approximate surface area is 112 Å². The summed E-state index contributed by atoms with van der Waals surface area (Å²) in [6.45, 7) is 1.90. The molecule has 1 aromatic carbocycles. The second-order valence-electron chi connectivity index (χ2n) is 4.22. The van der Waals surface area contributed by atoms with Crippen LogP contribution in [0.5, 0.6) is 0 Å². The molecule has 18 heavy (non-hydrogen) atoms. The van der Waals surface area contributed by atoms with Gasteiger partial charge in [0.15, 0.2) is 0 Å². The first kappa shape index (κ1) is 13.3. The molecule has 0 bridgehead atoms. The van der Waals surface area contributed by atoms with Crippen LogP contribution in [0.15, 0.2) is 24.3 Å². The average molecular weight is 269 g/mol. The number of halogens is 1. The van der Waals surface area contributed by atoms with Crippen LogP contribution in [0.25, 0.3) is 0 Å². The van der Waals surface area contributed by atoms with E-state index in [1.54, 1.807) is 17.0 Å². The fraction of sp³-hybridized carbons (Fsp3) is 0.462. The minimum Gasteiger partial charge on any atom is -0.366 e. The topological polar surface area (TPSA) is 41.6 Å². The van der Waals surface area contributed by atoms with Crippen molar-refractivity contribution in [1.29, 1.82) is 0 Å². The normalized spacial score (nSPS) is 20.2. The number of benzene rings is 1. The van der Waals surface area contributed by atoms with Crippen molar-refractivity contribution in [2.24, 2.45) is 0 Å². The first-order valence-corrected chi connectivity index (χ1v) is 6.43. The Kier molecular flexibility index (Phi) is 4.58. The van der Waals surface area contributed by atoms with Crippen molar-refractivity contribution in [3.05, 3.63) is 29.3 Å². The summed E-state index contributed by atoms with van der Waals surface area (Å²) < 4.78 is 5.51. The first-order chi connectivity index (χ1) is 8.72. The van der Waals surface area contributed by atoms with E-state index in [2.05, 4.69) is 5.32 Å². The van der Waals surface area contributed by atoms with Crippen LogP contribution in [0.1, 0.15) is 6.42 Å². The number of amides is 1. The highest BCUT2D eigenvalue weighted by Crippen LogP contribution is 2.23. The summed E-state index contributed by atoms with van der Waals surface area (Å²) in [7, 11) is 1.86. The van der Waals surface area contributed by atoms with Crippen molar-refractivity contribution in [1.82, 2.24) is 5.32 Å². The quantitative estimate of drug-likeness (QED) is 0.903. The number of morpholine rings is 1. The number of rotatable bonds is 4. The molecule has 4 nitrogen and oxygen atoms in total. The minimum absolute atomic E-state index is 0.0127. The summed E-state index contributed by atoms with van der Waals surface area (Å²) in [5.41, 5.74) is 0.838. The number of hydrogen-bond acceptors (Lipinski definition) is 3. The van der Waals surface area contributed by atoms with Crippen molar-refractivity contribution in [3.8, 4) is 0 Å². The summed E-state index contributed by atoms with van der Waals surface area (Å²) in [5, 5.41) is 3.66. The molecule has 1 unspecified atom stereocenters. The minimum atomic E-state index is -0.356. The molecule has 0 spiro atoms. The lowest BCUT2D eigenvalue weighted by Crippen LogP contribution is -2.48.